The van der Waals surface area contributed by atoms with Crippen molar-refractivity contribution in [3.8, 4) is 0 Å². The Hall–Kier alpha value is -2.95. The molecule has 4 nitrogen and oxygen atoms in total. The highest BCUT2D eigenvalue weighted by Gasteiger charge is 2.23. The Morgan fingerprint density at radius 3 is 2.96 bits per heavy atom. The molecule has 0 fully saturated rings. The molecule has 1 heterocycles. The van der Waals surface area contributed by atoms with E-state index in [2.05, 4.69) is 10.3 Å². The number of pyridine rings is 1. The second-order valence-corrected chi connectivity index (χ2v) is 6.37. The molecule has 0 bridgehead atoms. The first kappa shape index (κ1) is 15.6. The van der Waals surface area contributed by atoms with Gasteiger partial charge in [-0.05, 0) is 54.0 Å². The van der Waals surface area contributed by atoms with Crippen molar-refractivity contribution in [3.05, 3.63) is 81.5 Å². The van der Waals surface area contributed by atoms with E-state index in [1.54, 1.807) is 30.5 Å². The van der Waals surface area contributed by atoms with Crippen molar-refractivity contribution in [1.82, 2.24) is 10.3 Å². The number of carbonyl (C=O) groups excluding carboxylic acids is 1. The zero-order valence-corrected chi connectivity index (χ0v) is 13.5. The summed E-state index contributed by atoms with van der Waals surface area (Å²) in [6.07, 6.45) is 4.19. The van der Waals surface area contributed by atoms with E-state index in [1.807, 2.05) is 0 Å². The van der Waals surface area contributed by atoms with Gasteiger partial charge in [-0.2, -0.15) is 0 Å². The van der Waals surface area contributed by atoms with Gasteiger partial charge in [-0.25, -0.2) is 4.39 Å². The van der Waals surface area contributed by atoms with Gasteiger partial charge in [0.05, 0.1) is 6.04 Å². The molecule has 2 N–H and O–H groups in total. The predicted octanol–water partition coefficient (Wildman–Crippen LogP) is 3.47. The molecular weight excluding hydrogens is 319 g/mol. The third-order valence-corrected chi connectivity index (χ3v) is 4.76. The van der Waals surface area contributed by atoms with Crippen molar-refractivity contribution < 1.29 is 9.18 Å². The number of aromatic nitrogens is 1. The molecule has 25 heavy (non-hydrogen) atoms. The molecule has 0 aliphatic heterocycles. The first-order valence-electron chi connectivity index (χ1n) is 8.32. The van der Waals surface area contributed by atoms with Gasteiger partial charge in [0.2, 0.25) is 5.56 Å². The molecule has 3 aromatic rings. The van der Waals surface area contributed by atoms with Crippen LogP contribution >= 0.6 is 0 Å². The number of rotatable bonds is 2. The van der Waals surface area contributed by atoms with Crippen molar-refractivity contribution in [1.29, 1.82) is 0 Å². The lowest BCUT2D eigenvalue weighted by molar-refractivity contribution is 0.0934. The summed E-state index contributed by atoms with van der Waals surface area (Å²) < 4.78 is 13.6. The van der Waals surface area contributed by atoms with Crippen LogP contribution in [0.3, 0.4) is 0 Å². The van der Waals surface area contributed by atoms with E-state index in [1.165, 1.54) is 18.2 Å². The van der Waals surface area contributed by atoms with Gasteiger partial charge in [0.15, 0.2) is 0 Å². The second kappa shape index (κ2) is 6.16. The fraction of sp³-hybridized carbons (Fsp3) is 0.200. The summed E-state index contributed by atoms with van der Waals surface area (Å²) >= 11 is 0. The van der Waals surface area contributed by atoms with Crippen LogP contribution in [0, 0.1) is 5.82 Å². The number of hydrogen-bond acceptors (Lipinski definition) is 2. The molecule has 1 aliphatic rings. The highest BCUT2D eigenvalue weighted by atomic mass is 19.1. The number of fused-ring (bicyclic) bond motifs is 2. The van der Waals surface area contributed by atoms with E-state index in [0.717, 1.165) is 30.4 Å². The van der Waals surface area contributed by atoms with Crippen molar-refractivity contribution in [2.75, 3.05) is 0 Å². The SMILES string of the molecule is O=C(N[C@H]1CCCc2ccc(F)cc21)c1cccc2cc(=O)[nH]cc12. The average Bonchev–Trinajstić information content (AvgIpc) is 2.61. The standard InChI is InChI=1S/C20H17FN2O2/c21-14-8-7-12-3-2-6-18(16(12)10-14)23-20(25)15-5-1-4-13-9-19(24)22-11-17(13)15/h1,4-5,7-11,18H,2-3,6H2,(H,22,24)(H,23,25)/t18-/m0/s1. The van der Waals surface area contributed by atoms with Crippen molar-refractivity contribution in [2.24, 2.45) is 0 Å². The van der Waals surface area contributed by atoms with E-state index in [0.29, 0.717) is 16.3 Å². The number of amides is 1. The average molecular weight is 336 g/mol. The van der Waals surface area contributed by atoms with Gasteiger partial charge in [-0.3, -0.25) is 9.59 Å². The smallest absolute Gasteiger partial charge is 0.252 e. The zero-order chi connectivity index (χ0) is 17.4. The van der Waals surface area contributed by atoms with Gasteiger partial charge in [0.25, 0.3) is 5.91 Å². The van der Waals surface area contributed by atoms with Gasteiger partial charge < -0.3 is 10.3 Å². The van der Waals surface area contributed by atoms with Gasteiger partial charge in [-0.1, -0.05) is 18.2 Å². The number of carbonyl (C=O) groups is 1. The Balaban J connectivity index is 1.68. The molecular formula is C20H17FN2O2. The summed E-state index contributed by atoms with van der Waals surface area (Å²) in [5, 5.41) is 4.43. The van der Waals surface area contributed by atoms with E-state index in [-0.39, 0.29) is 23.3 Å². The van der Waals surface area contributed by atoms with Crippen LogP contribution in [0.1, 0.15) is 40.4 Å². The topological polar surface area (TPSA) is 62.0 Å². The summed E-state index contributed by atoms with van der Waals surface area (Å²) in [4.78, 5) is 26.9. The highest BCUT2D eigenvalue weighted by molar-refractivity contribution is 6.06. The van der Waals surface area contributed by atoms with Crippen LogP contribution < -0.4 is 10.9 Å². The summed E-state index contributed by atoms with van der Waals surface area (Å²) in [7, 11) is 0. The maximum absolute atomic E-state index is 13.6. The molecule has 0 saturated carbocycles. The number of nitrogens with one attached hydrogen (secondary N) is 2. The molecule has 1 atom stereocenters. The highest BCUT2D eigenvalue weighted by Crippen LogP contribution is 2.30. The quantitative estimate of drug-likeness (QED) is 0.753. The Kier molecular flexibility index (Phi) is 3.84. The molecule has 126 valence electrons. The fourth-order valence-electron chi connectivity index (χ4n) is 3.55. The van der Waals surface area contributed by atoms with Crippen LogP contribution in [0.5, 0.6) is 0 Å². The van der Waals surface area contributed by atoms with Crippen molar-refractivity contribution in [2.45, 2.75) is 25.3 Å². The summed E-state index contributed by atoms with van der Waals surface area (Å²) in [6, 6.07) is 11.3. The summed E-state index contributed by atoms with van der Waals surface area (Å²) in [5.74, 6) is -0.512. The van der Waals surface area contributed by atoms with E-state index in [9.17, 15) is 14.0 Å². The molecule has 5 heteroatoms. The van der Waals surface area contributed by atoms with Crippen molar-refractivity contribution >= 4 is 16.7 Å². The minimum atomic E-state index is -0.289. The normalized spacial score (nSPS) is 16.4. The molecule has 1 amide bonds. The third kappa shape index (κ3) is 2.93. The third-order valence-electron chi connectivity index (χ3n) is 4.76. The monoisotopic (exact) mass is 336 g/mol. The lowest BCUT2D eigenvalue weighted by Crippen LogP contribution is -2.31. The van der Waals surface area contributed by atoms with E-state index < -0.39 is 0 Å². The minimum absolute atomic E-state index is 0.204. The molecule has 4 rings (SSSR count). The number of aryl methyl sites for hydroxylation is 1. The lowest BCUT2D eigenvalue weighted by atomic mass is 9.87. The first-order valence-corrected chi connectivity index (χ1v) is 8.32. The maximum Gasteiger partial charge on any atom is 0.252 e. The zero-order valence-electron chi connectivity index (χ0n) is 13.5. The number of aromatic amines is 1. The summed E-state index contributed by atoms with van der Waals surface area (Å²) in [5.41, 5.74) is 2.23. The Morgan fingerprint density at radius 1 is 1.20 bits per heavy atom. The number of H-pyrrole nitrogens is 1. The Labute approximate surface area is 143 Å². The largest absolute Gasteiger partial charge is 0.345 e. The molecule has 0 radical (unpaired) electrons. The molecule has 1 aromatic heterocycles. The van der Waals surface area contributed by atoms with Gasteiger partial charge >= 0.3 is 0 Å². The molecule has 2 aromatic carbocycles. The molecule has 0 unspecified atom stereocenters. The van der Waals surface area contributed by atoms with E-state index in [4.69, 9.17) is 0 Å². The number of benzene rings is 2. The Morgan fingerprint density at radius 2 is 2.08 bits per heavy atom. The number of halogens is 1. The number of hydrogen-bond donors (Lipinski definition) is 2. The second-order valence-electron chi connectivity index (χ2n) is 6.37. The van der Waals surface area contributed by atoms with Crippen LogP contribution in [-0.4, -0.2) is 10.9 Å². The van der Waals surface area contributed by atoms with Crippen molar-refractivity contribution in [3.63, 3.8) is 0 Å². The molecule has 1 aliphatic carbocycles. The fourth-order valence-corrected chi connectivity index (χ4v) is 3.55. The molecule has 0 spiro atoms. The maximum atomic E-state index is 13.6. The summed E-state index contributed by atoms with van der Waals surface area (Å²) in [6.45, 7) is 0. The van der Waals surface area contributed by atoms with Crippen LogP contribution in [0.15, 0.2) is 53.5 Å². The predicted molar refractivity (Wildman–Crippen MR) is 94.1 cm³/mol. The van der Waals surface area contributed by atoms with Gasteiger partial charge in [-0.15, -0.1) is 0 Å². The van der Waals surface area contributed by atoms with E-state index >= 15 is 0 Å². The minimum Gasteiger partial charge on any atom is -0.345 e. The lowest BCUT2D eigenvalue weighted by Gasteiger charge is -2.26. The van der Waals surface area contributed by atoms with Crippen LogP contribution in [-0.2, 0) is 6.42 Å². The van der Waals surface area contributed by atoms with Crippen LogP contribution in [0.4, 0.5) is 4.39 Å². The Bertz CT molecular complexity index is 1030. The van der Waals surface area contributed by atoms with Gasteiger partial charge in [0.1, 0.15) is 5.82 Å². The van der Waals surface area contributed by atoms with Crippen LogP contribution in [0.2, 0.25) is 0 Å². The van der Waals surface area contributed by atoms with Crippen LogP contribution in [0.25, 0.3) is 10.8 Å². The van der Waals surface area contributed by atoms with Gasteiger partial charge in [0, 0.05) is 23.2 Å². The molecule has 0 saturated heterocycles. The first-order chi connectivity index (χ1) is 12.1.